The first-order chi connectivity index (χ1) is 10.5. The maximum absolute atomic E-state index is 11.3. The number of carboxylic acids is 1. The Hall–Kier alpha value is -2.31. The average Bonchev–Trinajstić information content (AvgIpc) is 2.93. The second-order valence-electron chi connectivity index (χ2n) is 5.61. The van der Waals surface area contributed by atoms with Crippen molar-refractivity contribution in [2.24, 2.45) is 0 Å². The predicted molar refractivity (Wildman–Crippen MR) is 83.5 cm³/mol. The molecule has 2 aromatic heterocycles. The van der Waals surface area contributed by atoms with Crippen molar-refractivity contribution in [2.45, 2.75) is 19.4 Å². The summed E-state index contributed by atoms with van der Waals surface area (Å²) in [5.74, 6) is -0.505. The first kappa shape index (κ1) is 14.6. The molecule has 0 radical (unpaired) electrons. The zero-order chi connectivity index (χ0) is 15.7. The molecule has 0 atom stereocenters. The van der Waals surface area contributed by atoms with Crippen molar-refractivity contribution in [3.8, 4) is 11.1 Å². The molecule has 6 heteroatoms. The van der Waals surface area contributed by atoms with Crippen LogP contribution in [-0.2, 0) is 4.79 Å². The molecule has 0 saturated heterocycles. The standard InChI is InChI=1S/C16H15N3O2S/c1-16(2,15(20)21)19-13-12-11(10-6-4-3-5-7-10)8-22-14(12)18-9-17-13/h3-9H,1-2H3,(H,20,21)(H,17,18,19). The molecular weight excluding hydrogens is 298 g/mol. The van der Waals surface area contributed by atoms with Gasteiger partial charge in [-0.2, -0.15) is 4.98 Å². The Kier molecular flexibility index (Phi) is 3.64. The van der Waals surface area contributed by atoms with Gasteiger partial charge in [0.15, 0.2) is 0 Å². The summed E-state index contributed by atoms with van der Waals surface area (Å²) in [6, 6.07) is 9.93. The smallest absolute Gasteiger partial charge is 0.237 e. The van der Waals surface area contributed by atoms with Gasteiger partial charge in [0, 0.05) is 10.9 Å². The molecular formula is C16H15N3O2S. The van der Waals surface area contributed by atoms with Crippen LogP contribution in [0.4, 0.5) is 5.82 Å². The molecule has 3 aromatic rings. The van der Waals surface area contributed by atoms with E-state index in [0.29, 0.717) is 5.82 Å². The lowest BCUT2D eigenvalue weighted by Crippen LogP contribution is -2.94. The third-order valence-corrected chi connectivity index (χ3v) is 4.39. The van der Waals surface area contributed by atoms with Gasteiger partial charge in [0.1, 0.15) is 28.1 Å². The summed E-state index contributed by atoms with van der Waals surface area (Å²) >= 11 is 1.52. The number of fused-ring (bicyclic) bond motifs is 1. The number of hydrogen-bond donors (Lipinski definition) is 1. The molecule has 22 heavy (non-hydrogen) atoms. The van der Waals surface area contributed by atoms with Crippen LogP contribution < -0.4 is 10.4 Å². The van der Waals surface area contributed by atoms with Crippen LogP contribution in [0.25, 0.3) is 21.3 Å². The van der Waals surface area contributed by atoms with Crippen molar-refractivity contribution in [1.29, 1.82) is 0 Å². The van der Waals surface area contributed by atoms with Gasteiger partial charge in [-0.25, -0.2) is 4.98 Å². The fourth-order valence-corrected chi connectivity index (χ4v) is 3.16. The minimum absolute atomic E-state index is 0.624. The van der Waals surface area contributed by atoms with E-state index in [2.05, 4.69) is 9.97 Å². The van der Waals surface area contributed by atoms with E-state index in [1.54, 1.807) is 19.2 Å². The number of carbonyl (C=O) groups is 1. The Balaban J connectivity index is 2.16. The van der Waals surface area contributed by atoms with Gasteiger partial charge >= 0.3 is 0 Å². The number of quaternary nitrogens is 1. The zero-order valence-corrected chi connectivity index (χ0v) is 13.1. The number of carbonyl (C=O) groups excluding carboxylic acids is 1. The lowest BCUT2D eigenvalue weighted by atomic mass is 10.0. The highest BCUT2D eigenvalue weighted by molar-refractivity contribution is 7.17. The van der Waals surface area contributed by atoms with Crippen LogP contribution in [0.15, 0.2) is 42.0 Å². The number of carboxylic acid groups (broad SMARTS) is 1. The van der Waals surface area contributed by atoms with E-state index < -0.39 is 11.5 Å². The SMILES string of the molecule is CC(C)([NH2+]c1ncnc2scc(-c3ccccc3)c12)C(=O)[O-]. The molecule has 5 nitrogen and oxygen atoms in total. The number of aromatic nitrogens is 2. The van der Waals surface area contributed by atoms with E-state index in [0.717, 1.165) is 21.3 Å². The van der Waals surface area contributed by atoms with Gasteiger partial charge in [0.05, 0.1) is 0 Å². The summed E-state index contributed by atoms with van der Waals surface area (Å²) in [7, 11) is 0. The first-order valence-corrected chi connectivity index (χ1v) is 7.72. The Morgan fingerprint density at radius 2 is 1.95 bits per heavy atom. The van der Waals surface area contributed by atoms with Gasteiger partial charge in [-0.05, 0) is 19.4 Å². The molecule has 0 unspecified atom stereocenters. The lowest BCUT2D eigenvalue weighted by Gasteiger charge is -2.23. The highest BCUT2D eigenvalue weighted by Gasteiger charge is 2.27. The molecule has 0 aliphatic heterocycles. The monoisotopic (exact) mass is 313 g/mol. The zero-order valence-electron chi connectivity index (χ0n) is 12.2. The largest absolute Gasteiger partial charge is 0.544 e. The van der Waals surface area contributed by atoms with E-state index >= 15 is 0 Å². The van der Waals surface area contributed by atoms with Crippen molar-refractivity contribution in [1.82, 2.24) is 9.97 Å². The van der Waals surface area contributed by atoms with E-state index in [1.165, 1.54) is 17.7 Å². The molecule has 0 saturated carbocycles. The van der Waals surface area contributed by atoms with Gasteiger partial charge < -0.3 is 9.90 Å². The molecule has 0 aliphatic rings. The molecule has 1 aromatic carbocycles. The molecule has 0 amide bonds. The molecule has 0 bridgehead atoms. The summed E-state index contributed by atoms with van der Waals surface area (Å²) in [5, 5.41) is 15.8. The van der Waals surface area contributed by atoms with Crippen LogP contribution in [0, 0.1) is 0 Å². The second kappa shape index (κ2) is 5.47. The Morgan fingerprint density at radius 3 is 2.64 bits per heavy atom. The molecule has 0 fully saturated rings. The summed E-state index contributed by atoms with van der Waals surface area (Å²) in [6.07, 6.45) is 1.46. The van der Waals surface area contributed by atoms with Crippen LogP contribution in [0.2, 0.25) is 0 Å². The minimum Gasteiger partial charge on any atom is -0.544 e. The van der Waals surface area contributed by atoms with Crippen molar-refractivity contribution in [2.75, 3.05) is 0 Å². The van der Waals surface area contributed by atoms with Gasteiger partial charge in [0.25, 0.3) is 0 Å². The molecule has 112 valence electrons. The Labute approximate surface area is 131 Å². The van der Waals surface area contributed by atoms with Crippen LogP contribution in [0.1, 0.15) is 13.8 Å². The highest BCUT2D eigenvalue weighted by Crippen LogP contribution is 2.34. The predicted octanol–water partition coefficient (Wildman–Crippen LogP) is 1.08. The molecule has 3 rings (SSSR count). The maximum Gasteiger partial charge on any atom is 0.237 e. The summed E-state index contributed by atoms with van der Waals surface area (Å²) < 4.78 is 0. The van der Waals surface area contributed by atoms with Crippen LogP contribution in [0.3, 0.4) is 0 Å². The summed E-state index contributed by atoms with van der Waals surface area (Å²) in [5.41, 5.74) is 0.975. The van der Waals surface area contributed by atoms with Gasteiger partial charge in [-0.3, -0.25) is 5.32 Å². The first-order valence-electron chi connectivity index (χ1n) is 6.84. The summed E-state index contributed by atoms with van der Waals surface area (Å²) in [6.45, 7) is 3.20. The van der Waals surface area contributed by atoms with E-state index in [4.69, 9.17) is 0 Å². The van der Waals surface area contributed by atoms with Crippen LogP contribution >= 0.6 is 11.3 Å². The number of benzene rings is 1. The van der Waals surface area contributed by atoms with Crippen molar-refractivity contribution in [3.05, 3.63) is 42.0 Å². The number of nitrogens with zero attached hydrogens (tertiary/aromatic N) is 2. The van der Waals surface area contributed by atoms with E-state index in [-0.39, 0.29) is 0 Å². The van der Waals surface area contributed by atoms with E-state index in [9.17, 15) is 9.90 Å². The molecule has 2 heterocycles. The quantitative estimate of drug-likeness (QED) is 0.781. The van der Waals surface area contributed by atoms with Crippen LogP contribution in [-0.4, -0.2) is 21.5 Å². The van der Waals surface area contributed by atoms with Crippen LogP contribution in [0.5, 0.6) is 0 Å². The fourth-order valence-electron chi connectivity index (χ4n) is 2.24. The maximum atomic E-state index is 11.3. The number of thiophene rings is 1. The number of hydrogen-bond acceptors (Lipinski definition) is 5. The fraction of sp³-hybridized carbons (Fsp3) is 0.188. The Bertz CT molecular complexity index is 828. The highest BCUT2D eigenvalue weighted by atomic mass is 32.1. The van der Waals surface area contributed by atoms with Crippen molar-refractivity contribution in [3.63, 3.8) is 0 Å². The second-order valence-corrected chi connectivity index (χ2v) is 6.47. The number of aliphatic carboxylic acids is 1. The van der Waals surface area contributed by atoms with Crippen molar-refractivity contribution >= 4 is 33.3 Å². The van der Waals surface area contributed by atoms with Crippen molar-refractivity contribution < 1.29 is 15.2 Å². The molecule has 2 N–H and O–H groups in total. The van der Waals surface area contributed by atoms with Gasteiger partial charge in [-0.1, -0.05) is 30.3 Å². The molecule has 0 spiro atoms. The van der Waals surface area contributed by atoms with Gasteiger partial charge in [-0.15, -0.1) is 11.3 Å². The van der Waals surface area contributed by atoms with E-state index in [1.807, 2.05) is 35.7 Å². The molecule has 0 aliphatic carbocycles. The minimum atomic E-state index is -1.13. The lowest BCUT2D eigenvalue weighted by molar-refractivity contribution is -0.642. The van der Waals surface area contributed by atoms with Gasteiger partial charge in [0.2, 0.25) is 5.82 Å². The number of rotatable bonds is 4. The summed E-state index contributed by atoms with van der Waals surface area (Å²) in [4.78, 5) is 20.7. The third kappa shape index (κ3) is 2.58. The normalized spacial score (nSPS) is 11.7. The third-order valence-electron chi connectivity index (χ3n) is 3.51. The topological polar surface area (TPSA) is 82.5 Å². The Morgan fingerprint density at radius 1 is 1.23 bits per heavy atom. The average molecular weight is 313 g/mol. The number of nitrogens with two attached hydrogens (primary N) is 1.